The zero-order valence-corrected chi connectivity index (χ0v) is 13.2. The van der Waals surface area contributed by atoms with Crippen molar-refractivity contribution < 1.29 is 13.9 Å². The van der Waals surface area contributed by atoms with Crippen LogP contribution in [0.15, 0.2) is 22.7 Å². The first-order valence-electron chi connectivity index (χ1n) is 7.54. The summed E-state index contributed by atoms with van der Waals surface area (Å²) in [5.74, 6) is 1.15. The molecular formula is C16H21N3O3. The molecule has 1 aliphatic rings. The second kappa shape index (κ2) is 5.96. The number of amides is 1. The lowest BCUT2D eigenvalue weighted by atomic mass is 9.97. The fourth-order valence-electron chi connectivity index (χ4n) is 2.89. The predicted molar refractivity (Wildman–Crippen MR) is 80.6 cm³/mol. The Labute approximate surface area is 129 Å². The highest BCUT2D eigenvalue weighted by atomic mass is 16.5. The Morgan fingerprint density at radius 2 is 2.32 bits per heavy atom. The van der Waals surface area contributed by atoms with Crippen LogP contribution in [0.4, 0.5) is 0 Å². The average molecular weight is 303 g/mol. The van der Waals surface area contributed by atoms with E-state index < -0.39 is 0 Å². The first kappa shape index (κ1) is 14.8. The summed E-state index contributed by atoms with van der Waals surface area (Å²) in [6.07, 6.45) is 1.97. The van der Waals surface area contributed by atoms with Crippen LogP contribution in [0.1, 0.15) is 40.4 Å². The SMILES string of the molecule is CCOCC1CN(C(=O)c2ccc(C)o2)Cc2cn(C)nc21. The van der Waals surface area contributed by atoms with Crippen molar-refractivity contribution in [2.45, 2.75) is 26.3 Å². The van der Waals surface area contributed by atoms with Crippen LogP contribution >= 0.6 is 0 Å². The molecule has 1 amide bonds. The number of aromatic nitrogens is 2. The Morgan fingerprint density at radius 1 is 1.50 bits per heavy atom. The van der Waals surface area contributed by atoms with Crippen LogP contribution in [0, 0.1) is 6.92 Å². The van der Waals surface area contributed by atoms with Crippen LogP contribution in [0.5, 0.6) is 0 Å². The summed E-state index contributed by atoms with van der Waals surface area (Å²) in [5.41, 5.74) is 2.12. The molecule has 3 rings (SSSR count). The van der Waals surface area contributed by atoms with Gasteiger partial charge in [0.2, 0.25) is 0 Å². The number of furan rings is 1. The average Bonchev–Trinajstić information content (AvgIpc) is 3.08. The molecule has 1 atom stereocenters. The monoisotopic (exact) mass is 303 g/mol. The van der Waals surface area contributed by atoms with Crippen molar-refractivity contribution in [1.29, 1.82) is 0 Å². The van der Waals surface area contributed by atoms with E-state index in [1.807, 2.05) is 38.1 Å². The zero-order chi connectivity index (χ0) is 15.7. The molecule has 1 unspecified atom stereocenters. The smallest absolute Gasteiger partial charge is 0.289 e. The molecule has 0 spiro atoms. The zero-order valence-electron chi connectivity index (χ0n) is 13.2. The molecule has 1 aliphatic heterocycles. The Bertz CT molecular complexity index is 674. The third-order valence-electron chi connectivity index (χ3n) is 3.89. The summed E-state index contributed by atoms with van der Waals surface area (Å²) in [5, 5.41) is 4.53. The van der Waals surface area contributed by atoms with Crippen LogP contribution in [0.2, 0.25) is 0 Å². The molecule has 0 aromatic carbocycles. The number of carbonyl (C=O) groups excluding carboxylic acids is 1. The van der Waals surface area contributed by atoms with E-state index in [0.29, 0.717) is 32.1 Å². The summed E-state index contributed by atoms with van der Waals surface area (Å²) in [6, 6.07) is 3.54. The van der Waals surface area contributed by atoms with Crippen molar-refractivity contribution in [3.63, 3.8) is 0 Å². The lowest BCUT2D eigenvalue weighted by Crippen LogP contribution is -2.39. The van der Waals surface area contributed by atoms with E-state index in [2.05, 4.69) is 5.10 Å². The summed E-state index contributed by atoms with van der Waals surface area (Å²) in [7, 11) is 1.90. The predicted octanol–water partition coefficient (Wildman–Crippen LogP) is 2.10. The number of carbonyl (C=O) groups is 1. The van der Waals surface area contributed by atoms with Crippen LogP contribution in [-0.2, 0) is 18.3 Å². The van der Waals surface area contributed by atoms with E-state index >= 15 is 0 Å². The summed E-state index contributed by atoms with van der Waals surface area (Å²) >= 11 is 0. The quantitative estimate of drug-likeness (QED) is 0.868. The third kappa shape index (κ3) is 2.78. The first-order valence-corrected chi connectivity index (χ1v) is 7.54. The molecule has 0 saturated heterocycles. The second-order valence-corrected chi connectivity index (χ2v) is 5.67. The van der Waals surface area contributed by atoms with Gasteiger partial charge in [0.1, 0.15) is 5.76 Å². The van der Waals surface area contributed by atoms with Crippen LogP contribution < -0.4 is 0 Å². The second-order valence-electron chi connectivity index (χ2n) is 5.67. The standard InChI is InChI=1S/C16H21N3O3/c1-4-21-10-13-9-19(8-12-7-18(3)17-15(12)13)16(20)14-6-5-11(2)22-14/h5-7,13H,4,8-10H2,1-3H3. The van der Waals surface area contributed by atoms with E-state index in [4.69, 9.17) is 9.15 Å². The van der Waals surface area contributed by atoms with E-state index in [-0.39, 0.29) is 11.8 Å². The molecule has 0 radical (unpaired) electrons. The maximum Gasteiger partial charge on any atom is 0.289 e. The normalized spacial score (nSPS) is 17.6. The van der Waals surface area contributed by atoms with Crippen molar-refractivity contribution in [1.82, 2.24) is 14.7 Å². The highest BCUT2D eigenvalue weighted by molar-refractivity contribution is 5.91. The lowest BCUT2D eigenvalue weighted by molar-refractivity contribution is 0.0621. The first-order chi connectivity index (χ1) is 10.6. The lowest BCUT2D eigenvalue weighted by Gasteiger charge is -2.31. The molecule has 0 bridgehead atoms. The van der Waals surface area contributed by atoms with Crippen LogP contribution in [0.25, 0.3) is 0 Å². The molecule has 0 fully saturated rings. The minimum atomic E-state index is -0.0795. The van der Waals surface area contributed by atoms with Crippen molar-refractivity contribution in [3.8, 4) is 0 Å². The maximum atomic E-state index is 12.6. The fraction of sp³-hybridized carbons (Fsp3) is 0.500. The van der Waals surface area contributed by atoms with E-state index in [1.165, 1.54) is 0 Å². The Balaban J connectivity index is 1.84. The number of hydrogen-bond donors (Lipinski definition) is 0. The molecule has 3 heterocycles. The molecule has 6 heteroatoms. The van der Waals surface area contributed by atoms with Gasteiger partial charge >= 0.3 is 0 Å². The number of rotatable bonds is 4. The minimum absolute atomic E-state index is 0.0795. The van der Waals surface area contributed by atoms with Gasteiger partial charge in [0.25, 0.3) is 5.91 Å². The minimum Gasteiger partial charge on any atom is -0.456 e. The van der Waals surface area contributed by atoms with Gasteiger partial charge in [-0.05, 0) is 26.0 Å². The van der Waals surface area contributed by atoms with Crippen molar-refractivity contribution >= 4 is 5.91 Å². The van der Waals surface area contributed by atoms with Gasteiger partial charge in [0.05, 0.1) is 12.3 Å². The number of ether oxygens (including phenoxy) is 1. The van der Waals surface area contributed by atoms with Gasteiger partial charge in [-0.25, -0.2) is 0 Å². The molecule has 2 aromatic rings. The highest BCUT2D eigenvalue weighted by Gasteiger charge is 2.32. The number of nitrogens with zero attached hydrogens (tertiary/aromatic N) is 3. The topological polar surface area (TPSA) is 60.5 Å². The molecule has 2 aromatic heterocycles. The van der Waals surface area contributed by atoms with Gasteiger partial charge in [-0.15, -0.1) is 0 Å². The maximum absolute atomic E-state index is 12.6. The van der Waals surface area contributed by atoms with Crippen molar-refractivity contribution in [2.24, 2.45) is 7.05 Å². The summed E-state index contributed by atoms with van der Waals surface area (Å²) in [6.45, 7) is 6.19. The van der Waals surface area contributed by atoms with Gasteiger partial charge in [-0.2, -0.15) is 5.10 Å². The number of fused-ring (bicyclic) bond motifs is 1. The van der Waals surface area contributed by atoms with E-state index in [1.54, 1.807) is 10.7 Å². The summed E-state index contributed by atoms with van der Waals surface area (Å²) in [4.78, 5) is 14.4. The number of hydrogen-bond acceptors (Lipinski definition) is 4. The molecular weight excluding hydrogens is 282 g/mol. The largest absolute Gasteiger partial charge is 0.456 e. The summed E-state index contributed by atoms with van der Waals surface area (Å²) < 4.78 is 12.8. The molecule has 118 valence electrons. The van der Waals surface area contributed by atoms with Gasteiger partial charge in [0, 0.05) is 44.4 Å². The van der Waals surface area contributed by atoms with Crippen LogP contribution in [0.3, 0.4) is 0 Å². The van der Waals surface area contributed by atoms with Gasteiger partial charge < -0.3 is 14.1 Å². The van der Waals surface area contributed by atoms with E-state index in [0.717, 1.165) is 17.0 Å². The van der Waals surface area contributed by atoms with Crippen LogP contribution in [-0.4, -0.2) is 40.3 Å². The van der Waals surface area contributed by atoms with Crippen molar-refractivity contribution in [3.05, 3.63) is 41.1 Å². The Kier molecular flexibility index (Phi) is 4.02. The molecule has 22 heavy (non-hydrogen) atoms. The molecule has 0 saturated carbocycles. The Morgan fingerprint density at radius 3 is 3.00 bits per heavy atom. The molecule has 0 N–H and O–H groups in total. The molecule has 6 nitrogen and oxygen atoms in total. The van der Waals surface area contributed by atoms with Gasteiger partial charge in [-0.3, -0.25) is 9.48 Å². The van der Waals surface area contributed by atoms with Gasteiger partial charge in [0.15, 0.2) is 5.76 Å². The Hall–Kier alpha value is -2.08. The number of aryl methyl sites for hydroxylation is 2. The highest BCUT2D eigenvalue weighted by Crippen LogP contribution is 2.28. The third-order valence-corrected chi connectivity index (χ3v) is 3.89. The van der Waals surface area contributed by atoms with E-state index in [9.17, 15) is 4.79 Å². The van der Waals surface area contributed by atoms with Gasteiger partial charge in [-0.1, -0.05) is 0 Å². The van der Waals surface area contributed by atoms with Crippen molar-refractivity contribution in [2.75, 3.05) is 19.8 Å². The fourth-order valence-corrected chi connectivity index (χ4v) is 2.89. The molecule has 0 aliphatic carbocycles.